The maximum Gasteiger partial charge on any atom is 0.410 e. The number of halogens is 1. The highest BCUT2D eigenvalue weighted by atomic mass is 19.1. The molecule has 2 heterocycles. The average molecular weight is 409 g/mol. The number of likely N-dealkylation sites (tertiary alicyclic amines) is 1. The number of hydrogen-bond donors (Lipinski definition) is 0. The molecule has 0 bridgehead atoms. The van der Waals surface area contributed by atoms with Crippen LogP contribution in [0.15, 0.2) is 67.3 Å². The van der Waals surface area contributed by atoms with Crippen molar-refractivity contribution in [3.05, 3.63) is 84.2 Å². The Hall–Kier alpha value is -2.66. The minimum Gasteiger partial charge on any atom is -0.437 e. The Kier molecular flexibility index (Phi) is 6.18. The molecule has 2 atom stereocenters. The quantitative estimate of drug-likeness (QED) is 0.623. The van der Waals surface area contributed by atoms with Crippen molar-refractivity contribution in [2.24, 2.45) is 0 Å². The molecule has 2 saturated heterocycles. The van der Waals surface area contributed by atoms with Crippen molar-refractivity contribution in [2.75, 3.05) is 19.6 Å². The lowest BCUT2D eigenvalue weighted by atomic mass is 9.85. The van der Waals surface area contributed by atoms with Crippen LogP contribution in [0, 0.1) is 5.82 Å². The molecule has 2 aromatic rings. The predicted molar refractivity (Wildman–Crippen MR) is 115 cm³/mol. The molecule has 0 N–H and O–H groups in total. The lowest BCUT2D eigenvalue weighted by Gasteiger charge is -2.46. The molecule has 0 spiro atoms. The highest BCUT2D eigenvalue weighted by Crippen LogP contribution is 2.39. The minimum absolute atomic E-state index is 0.157. The zero-order valence-electron chi connectivity index (χ0n) is 17.3. The van der Waals surface area contributed by atoms with Gasteiger partial charge in [-0.1, -0.05) is 48.5 Å². The molecule has 0 aromatic heterocycles. The first-order valence-corrected chi connectivity index (χ1v) is 10.7. The predicted octanol–water partition coefficient (Wildman–Crippen LogP) is 5.10. The number of piperidine rings is 1. The second-order valence-corrected chi connectivity index (χ2v) is 8.32. The lowest BCUT2D eigenvalue weighted by Crippen LogP contribution is -2.55. The third-order valence-corrected chi connectivity index (χ3v) is 6.29. The van der Waals surface area contributed by atoms with Gasteiger partial charge in [0.25, 0.3) is 0 Å². The molecule has 4 nitrogen and oxygen atoms in total. The number of carbonyl (C=O) groups is 1. The van der Waals surface area contributed by atoms with Crippen LogP contribution in [0.3, 0.4) is 0 Å². The maximum absolute atomic E-state index is 13.4. The number of carbonyl (C=O) groups excluding carboxylic acids is 1. The van der Waals surface area contributed by atoms with Crippen LogP contribution in [0.5, 0.6) is 0 Å². The van der Waals surface area contributed by atoms with Crippen molar-refractivity contribution < 1.29 is 13.9 Å². The van der Waals surface area contributed by atoms with Crippen LogP contribution in [0.25, 0.3) is 0 Å². The number of benzene rings is 2. The van der Waals surface area contributed by atoms with E-state index in [2.05, 4.69) is 35.7 Å². The summed E-state index contributed by atoms with van der Waals surface area (Å²) in [5, 5.41) is 0. The van der Waals surface area contributed by atoms with E-state index in [1.807, 2.05) is 11.0 Å². The van der Waals surface area contributed by atoms with Crippen molar-refractivity contribution in [3.63, 3.8) is 0 Å². The number of cyclic esters (lactones) is 1. The molecule has 1 amide bonds. The number of ether oxygens (including phenoxy) is 1. The van der Waals surface area contributed by atoms with E-state index in [0.29, 0.717) is 19.4 Å². The number of nitrogens with zero attached hydrogens (tertiary/aromatic N) is 2. The zero-order valence-corrected chi connectivity index (χ0v) is 17.3. The van der Waals surface area contributed by atoms with Crippen molar-refractivity contribution in [3.8, 4) is 0 Å². The van der Waals surface area contributed by atoms with Crippen LogP contribution < -0.4 is 0 Å². The molecule has 30 heavy (non-hydrogen) atoms. The van der Waals surface area contributed by atoms with Gasteiger partial charge in [-0.15, -0.1) is 6.58 Å². The Labute approximate surface area is 177 Å². The first kappa shape index (κ1) is 20.6. The van der Waals surface area contributed by atoms with Crippen molar-refractivity contribution in [2.45, 2.75) is 43.9 Å². The summed E-state index contributed by atoms with van der Waals surface area (Å²) in [7, 11) is 0. The summed E-state index contributed by atoms with van der Waals surface area (Å²) < 4.78 is 19.4. The second-order valence-electron chi connectivity index (χ2n) is 8.32. The minimum atomic E-state index is -0.762. The molecule has 4 rings (SSSR count). The smallest absolute Gasteiger partial charge is 0.410 e. The van der Waals surface area contributed by atoms with Gasteiger partial charge in [0.1, 0.15) is 11.4 Å². The Morgan fingerprint density at radius 3 is 2.60 bits per heavy atom. The normalized spacial score (nSPS) is 25.0. The maximum atomic E-state index is 13.4. The summed E-state index contributed by atoms with van der Waals surface area (Å²) in [6.07, 6.45) is 4.74. The van der Waals surface area contributed by atoms with Gasteiger partial charge in [-0.3, -0.25) is 4.90 Å². The molecule has 2 aliphatic heterocycles. The molecule has 2 aliphatic rings. The van der Waals surface area contributed by atoms with Crippen molar-refractivity contribution >= 4 is 6.09 Å². The lowest BCUT2D eigenvalue weighted by molar-refractivity contribution is -0.0661. The van der Waals surface area contributed by atoms with Gasteiger partial charge in [-0.25, -0.2) is 9.18 Å². The molecule has 158 valence electrons. The van der Waals surface area contributed by atoms with E-state index in [-0.39, 0.29) is 18.0 Å². The Morgan fingerprint density at radius 2 is 1.90 bits per heavy atom. The highest BCUT2D eigenvalue weighted by Gasteiger charge is 2.43. The van der Waals surface area contributed by atoms with E-state index >= 15 is 0 Å². The third-order valence-electron chi connectivity index (χ3n) is 6.29. The fourth-order valence-corrected chi connectivity index (χ4v) is 4.72. The van der Waals surface area contributed by atoms with Gasteiger partial charge in [0.05, 0.1) is 0 Å². The summed E-state index contributed by atoms with van der Waals surface area (Å²) >= 11 is 0. The topological polar surface area (TPSA) is 32.8 Å². The van der Waals surface area contributed by atoms with Gasteiger partial charge < -0.3 is 9.64 Å². The molecule has 0 radical (unpaired) electrons. The summed E-state index contributed by atoms with van der Waals surface area (Å²) in [4.78, 5) is 17.4. The van der Waals surface area contributed by atoms with Gasteiger partial charge in [-0.2, -0.15) is 0 Å². The van der Waals surface area contributed by atoms with Crippen LogP contribution >= 0.6 is 0 Å². The second kappa shape index (κ2) is 9.00. The van der Waals surface area contributed by atoms with Gasteiger partial charge in [-0.05, 0) is 42.6 Å². The molecule has 0 unspecified atom stereocenters. The van der Waals surface area contributed by atoms with Crippen LogP contribution in [-0.2, 0) is 16.9 Å². The van der Waals surface area contributed by atoms with Gasteiger partial charge in [0, 0.05) is 38.5 Å². The molecule has 2 aromatic carbocycles. The monoisotopic (exact) mass is 408 g/mol. The molecule has 5 heteroatoms. The third kappa shape index (κ3) is 4.41. The molecule has 0 aliphatic carbocycles. The van der Waals surface area contributed by atoms with Crippen LogP contribution in [-0.4, -0.2) is 41.6 Å². The van der Waals surface area contributed by atoms with Crippen molar-refractivity contribution in [1.29, 1.82) is 0 Å². The first-order valence-electron chi connectivity index (χ1n) is 10.7. The Balaban J connectivity index is 1.44. The molecule has 0 saturated carbocycles. The zero-order chi connectivity index (χ0) is 21.0. The highest BCUT2D eigenvalue weighted by molar-refractivity contribution is 5.70. The van der Waals surface area contributed by atoms with Gasteiger partial charge in [0.2, 0.25) is 0 Å². The number of rotatable bonds is 6. The fraction of sp³-hybridized carbons (Fsp3) is 0.400. The SMILES string of the molecule is C=CC[C@]1(c2ccc(F)cc2)CCN([C@H]2CCCN(Cc3ccccc3)C2)C(=O)O1. The van der Waals surface area contributed by atoms with E-state index in [0.717, 1.165) is 38.0 Å². The number of hydrogen-bond acceptors (Lipinski definition) is 3. The summed E-state index contributed by atoms with van der Waals surface area (Å²) in [5.41, 5.74) is 1.35. The average Bonchev–Trinajstić information content (AvgIpc) is 2.75. The Morgan fingerprint density at radius 1 is 1.13 bits per heavy atom. The van der Waals surface area contributed by atoms with Gasteiger partial charge in [0.15, 0.2) is 0 Å². The molecular formula is C25H29FN2O2. The first-order chi connectivity index (χ1) is 14.6. The van der Waals surface area contributed by atoms with E-state index in [1.165, 1.54) is 17.7 Å². The summed E-state index contributed by atoms with van der Waals surface area (Å²) in [5.74, 6) is -0.294. The molecule has 2 fully saturated rings. The number of amides is 1. The van der Waals surface area contributed by atoms with E-state index < -0.39 is 5.60 Å². The van der Waals surface area contributed by atoms with Crippen molar-refractivity contribution in [1.82, 2.24) is 9.80 Å². The van der Waals surface area contributed by atoms with E-state index in [1.54, 1.807) is 18.2 Å². The fourth-order valence-electron chi connectivity index (χ4n) is 4.72. The standard InChI is InChI=1S/C25H29FN2O2/c1-2-14-25(21-10-12-22(26)13-11-21)15-17-28(24(29)30-25)23-9-6-16-27(19-23)18-20-7-4-3-5-8-20/h2-5,7-8,10-13,23H,1,6,9,14-19H2/t23-,25+/m0/s1. The van der Waals surface area contributed by atoms with Crippen LogP contribution in [0.1, 0.15) is 36.8 Å². The van der Waals surface area contributed by atoms with Crippen LogP contribution in [0.2, 0.25) is 0 Å². The van der Waals surface area contributed by atoms with Crippen LogP contribution in [0.4, 0.5) is 9.18 Å². The van der Waals surface area contributed by atoms with Gasteiger partial charge >= 0.3 is 6.09 Å². The summed E-state index contributed by atoms with van der Waals surface area (Å²) in [6, 6.07) is 16.9. The summed E-state index contributed by atoms with van der Waals surface area (Å²) in [6.45, 7) is 7.27. The Bertz CT molecular complexity index is 870. The van der Waals surface area contributed by atoms with E-state index in [4.69, 9.17) is 4.74 Å². The largest absolute Gasteiger partial charge is 0.437 e. The molecular weight excluding hydrogens is 379 g/mol. The van der Waals surface area contributed by atoms with E-state index in [9.17, 15) is 9.18 Å².